The summed E-state index contributed by atoms with van der Waals surface area (Å²) < 4.78 is 0.817. The van der Waals surface area contributed by atoms with E-state index in [0.29, 0.717) is 30.8 Å². The fourth-order valence-electron chi connectivity index (χ4n) is 3.67. The first-order chi connectivity index (χ1) is 9.98. The first kappa shape index (κ1) is 14.9. The van der Waals surface area contributed by atoms with Gasteiger partial charge in [0, 0.05) is 34.7 Å². The SMILES string of the molecule is Nc1cc(Br)cc(C(=O)N2CCC3(O)CCCCC3C2)c1. The van der Waals surface area contributed by atoms with Crippen molar-refractivity contribution in [3.63, 3.8) is 0 Å². The van der Waals surface area contributed by atoms with Crippen LogP contribution in [0.15, 0.2) is 22.7 Å². The van der Waals surface area contributed by atoms with Gasteiger partial charge >= 0.3 is 0 Å². The van der Waals surface area contributed by atoms with Crippen molar-refractivity contribution in [3.8, 4) is 0 Å². The number of likely N-dealkylation sites (tertiary alicyclic amines) is 1. The Hall–Kier alpha value is -1.07. The maximum absolute atomic E-state index is 12.7. The third-order valence-electron chi connectivity index (χ3n) is 4.88. The summed E-state index contributed by atoms with van der Waals surface area (Å²) in [5.74, 6) is 0.226. The molecule has 1 heterocycles. The van der Waals surface area contributed by atoms with E-state index < -0.39 is 5.60 Å². The number of hydrogen-bond donors (Lipinski definition) is 2. The zero-order chi connectivity index (χ0) is 15.0. The predicted molar refractivity (Wildman–Crippen MR) is 86.0 cm³/mol. The van der Waals surface area contributed by atoms with Gasteiger partial charge in [-0.25, -0.2) is 0 Å². The molecule has 114 valence electrons. The van der Waals surface area contributed by atoms with Crippen LogP contribution >= 0.6 is 15.9 Å². The molecular formula is C16H21BrN2O2. The van der Waals surface area contributed by atoms with Gasteiger partial charge in [0.25, 0.3) is 5.91 Å². The minimum Gasteiger partial charge on any atom is -0.399 e. The molecular weight excluding hydrogens is 332 g/mol. The number of fused-ring (bicyclic) bond motifs is 1. The molecule has 2 unspecified atom stereocenters. The molecule has 1 saturated heterocycles. The zero-order valence-corrected chi connectivity index (χ0v) is 13.6. The monoisotopic (exact) mass is 352 g/mol. The fraction of sp³-hybridized carbons (Fsp3) is 0.562. The summed E-state index contributed by atoms with van der Waals surface area (Å²) >= 11 is 3.38. The van der Waals surface area contributed by atoms with Crippen molar-refractivity contribution in [2.24, 2.45) is 5.92 Å². The molecule has 0 radical (unpaired) electrons. The van der Waals surface area contributed by atoms with Crippen molar-refractivity contribution in [2.75, 3.05) is 18.8 Å². The Bertz CT molecular complexity index is 543. The van der Waals surface area contributed by atoms with Gasteiger partial charge in [-0.1, -0.05) is 28.8 Å². The topological polar surface area (TPSA) is 66.6 Å². The van der Waals surface area contributed by atoms with Crippen molar-refractivity contribution in [3.05, 3.63) is 28.2 Å². The number of anilines is 1. The number of rotatable bonds is 1. The molecule has 1 aromatic rings. The van der Waals surface area contributed by atoms with Crippen LogP contribution in [0.2, 0.25) is 0 Å². The Morgan fingerprint density at radius 1 is 1.33 bits per heavy atom. The third kappa shape index (κ3) is 2.94. The van der Waals surface area contributed by atoms with Crippen molar-refractivity contribution in [1.82, 2.24) is 4.90 Å². The van der Waals surface area contributed by atoms with Crippen LogP contribution in [0.5, 0.6) is 0 Å². The summed E-state index contributed by atoms with van der Waals surface area (Å²) in [6, 6.07) is 5.31. The number of hydrogen-bond acceptors (Lipinski definition) is 3. The molecule has 1 aliphatic carbocycles. The summed E-state index contributed by atoms with van der Waals surface area (Å²) in [6.45, 7) is 1.28. The Labute approximate surface area is 133 Å². The van der Waals surface area contributed by atoms with E-state index in [2.05, 4.69) is 15.9 Å². The maximum atomic E-state index is 12.7. The van der Waals surface area contributed by atoms with Gasteiger partial charge in [0.05, 0.1) is 5.60 Å². The molecule has 2 atom stereocenters. The minimum absolute atomic E-state index is 0.00984. The van der Waals surface area contributed by atoms with E-state index in [0.717, 1.165) is 30.2 Å². The van der Waals surface area contributed by atoms with E-state index in [4.69, 9.17) is 5.73 Å². The molecule has 0 bridgehead atoms. The molecule has 1 amide bonds. The smallest absolute Gasteiger partial charge is 0.253 e. The van der Waals surface area contributed by atoms with Crippen LogP contribution in [0, 0.1) is 5.92 Å². The van der Waals surface area contributed by atoms with Crippen molar-refractivity contribution < 1.29 is 9.90 Å². The van der Waals surface area contributed by atoms with Crippen LogP contribution in [0.3, 0.4) is 0 Å². The number of halogens is 1. The lowest BCUT2D eigenvalue weighted by Gasteiger charge is -2.47. The molecule has 1 aliphatic heterocycles. The lowest BCUT2D eigenvalue weighted by Crippen LogP contribution is -2.54. The van der Waals surface area contributed by atoms with Crippen molar-refractivity contribution >= 4 is 27.5 Å². The predicted octanol–water partition coefficient (Wildman–Crippen LogP) is 2.80. The number of piperidine rings is 1. The number of benzene rings is 1. The quantitative estimate of drug-likeness (QED) is 0.763. The van der Waals surface area contributed by atoms with Crippen LogP contribution in [0.25, 0.3) is 0 Å². The minimum atomic E-state index is -0.550. The second-order valence-electron chi connectivity index (χ2n) is 6.32. The van der Waals surface area contributed by atoms with Crippen LogP contribution in [-0.2, 0) is 0 Å². The van der Waals surface area contributed by atoms with Gasteiger partial charge < -0.3 is 15.7 Å². The molecule has 2 aliphatic rings. The second-order valence-corrected chi connectivity index (χ2v) is 7.24. The van der Waals surface area contributed by atoms with E-state index in [-0.39, 0.29) is 11.8 Å². The highest BCUT2D eigenvalue weighted by molar-refractivity contribution is 9.10. The highest BCUT2D eigenvalue weighted by Gasteiger charge is 2.43. The number of nitrogen functional groups attached to an aromatic ring is 1. The van der Waals surface area contributed by atoms with Gasteiger partial charge in [-0.05, 0) is 37.5 Å². The highest BCUT2D eigenvalue weighted by Crippen LogP contribution is 2.40. The van der Waals surface area contributed by atoms with Gasteiger partial charge in [0.1, 0.15) is 0 Å². The molecule has 1 saturated carbocycles. The highest BCUT2D eigenvalue weighted by atomic mass is 79.9. The molecule has 3 N–H and O–H groups in total. The number of carbonyl (C=O) groups is 1. The number of nitrogens with zero attached hydrogens (tertiary/aromatic N) is 1. The average molecular weight is 353 g/mol. The van der Waals surface area contributed by atoms with E-state index in [1.165, 1.54) is 0 Å². The Kier molecular flexibility index (Phi) is 3.97. The van der Waals surface area contributed by atoms with Gasteiger partial charge in [0.2, 0.25) is 0 Å². The number of amides is 1. The molecule has 2 fully saturated rings. The number of aliphatic hydroxyl groups is 1. The lowest BCUT2D eigenvalue weighted by molar-refractivity contribution is -0.0886. The van der Waals surface area contributed by atoms with E-state index in [1.54, 1.807) is 18.2 Å². The van der Waals surface area contributed by atoms with Crippen LogP contribution in [0.4, 0.5) is 5.69 Å². The zero-order valence-electron chi connectivity index (χ0n) is 12.0. The van der Waals surface area contributed by atoms with Crippen molar-refractivity contribution in [2.45, 2.75) is 37.7 Å². The van der Waals surface area contributed by atoms with Crippen LogP contribution in [-0.4, -0.2) is 34.6 Å². The summed E-state index contributed by atoms with van der Waals surface area (Å²) in [6.07, 6.45) is 4.83. The molecule has 0 spiro atoms. The largest absolute Gasteiger partial charge is 0.399 e. The van der Waals surface area contributed by atoms with Gasteiger partial charge in [-0.3, -0.25) is 4.79 Å². The molecule has 4 nitrogen and oxygen atoms in total. The third-order valence-corrected chi connectivity index (χ3v) is 5.34. The second kappa shape index (κ2) is 5.61. The first-order valence-electron chi connectivity index (χ1n) is 7.56. The Morgan fingerprint density at radius 2 is 2.14 bits per heavy atom. The standard InChI is InChI=1S/C16H21BrN2O2/c17-13-7-11(8-14(18)9-13)15(20)19-6-5-16(21)4-2-1-3-12(16)10-19/h7-9,12,21H,1-6,10,18H2. The molecule has 0 aromatic heterocycles. The molecule has 3 rings (SSSR count). The van der Waals surface area contributed by atoms with Crippen molar-refractivity contribution in [1.29, 1.82) is 0 Å². The summed E-state index contributed by atoms with van der Waals surface area (Å²) in [4.78, 5) is 14.5. The van der Waals surface area contributed by atoms with E-state index in [1.807, 2.05) is 4.90 Å². The summed E-state index contributed by atoms with van der Waals surface area (Å²) in [7, 11) is 0. The van der Waals surface area contributed by atoms with Crippen LogP contribution < -0.4 is 5.73 Å². The van der Waals surface area contributed by atoms with Gasteiger partial charge in [0.15, 0.2) is 0 Å². The number of carbonyl (C=O) groups excluding carboxylic acids is 1. The Morgan fingerprint density at radius 3 is 2.90 bits per heavy atom. The maximum Gasteiger partial charge on any atom is 0.253 e. The molecule has 21 heavy (non-hydrogen) atoms. The average Bonchev–Trinajstić information content (AvgIpc) is 2.44. The van der Waals surface area contributed by atoms with E-state index in [9.17, 15) is 9.90 Å². The number of nitrogens with two attached hydrogens (primary N) is 1. The van der Waals surface area contributed by atoms with E-state index >= 15 is 0 Å². The van der Waals surface area contributed by atoms with Gasteiger partial charge in [-0.15, -0.1) is 0 Å². The Balaban J connectivity index is 1.77. The first-order valence-corrected chi connectivity index (χ1v) is 8.35. The van der Waals surface area contributed by atoms with Gasteiger partial charge in [-0.2, -0.15) is 0 Å². The fourth-order valence-corrected chi connectivity index (χ4v) is 4.18. The lowest BCUT2D eigenvalue weighted by atomic mass is 9.71. The molecule has 5 heteroatoms. The van der Waals surface area contributed by atoms with Crippen LogP contribution in [0.1, 0.15) is 42.5 Å². The summed E-state index contributed by atoms with van der Waals surface area (Å²) in [5.41, 5.74) is 6.46. The molecule has 1 aromatic carbocycles. The normalized spacial score (nSPS) is 29.0. The summed E-state index contributed by atoms with van der Waals surface area (Å²) in [5, 5.41) is 10.7.